The minimum Gasteiger partial charge on any atom is -0.372 e. The monoisotopic (exact) mass is 325 g/mol. The lowest BCUT2D eigenvalue weighted by Crippen LogP contribution is -2.41. The molecule has 2 aromatic rings. The third-order valence-corrected chi connectivity index (χ3v) is 4.44. The molecule has 1 aliphatic heterocycles. The molecule has 3 heterocycles. The van der Waals surface area contributed by atoms with Gasteiger partial charge in [-0.1, -0.05) is 6.07 Å². The van der Waals surface area contributed by atoms with Gasteiger partial charge in [0.1, 0.15) is 5.82 Å². The summed E-state index contributed by atoms with van der Waals surface area (Å²) in [6.07, 6.45) is 10.3. The van der Waals surface area contributed by atoms with Gasteiger partial charge in [-0.2, -0.15) is 0 Å². The van der Waals surface area contributed by atoms with Crippen molar-refractivity contribution >= 4 is 11.7 Å². The summed E-state index contributed by atoms with van der Waals surface area (Å²) in [6, 6.07) is 3.82. The van der Waals surface area contributed by atoms with E-state index in [1.54, 1.807) is 24.8 Å². The highest BCUT2D eigenvalue weighted by Crippen LogP contribution is 2.23. The van der Waals surface area contributed by atoms with Crippen LogP contribution in [0.4, 0.5) is 5.82 Å². The van der Waals surface area contributed by atoms with E-state index in [1.165, 1.54) is 0 Å². The van der Waals surface area contributed by atoms with Gasteiger partial charge in [-0.25, -0.2) is 4.98 Å². The number of amides is 1. The molecule has 1 saturated heterocycles. The topological polar surface area (TPSA) is 71.0 Å². The average molecular weight is 325 g/mol. The van der Waals surface area contributed by atoms with Crippen LogP contribution in [0.3, 0.4) is 0 Å². The summed E-state index contributed by atoms with van der Waals surface area (Å²) >= 11 is 0. The molecule has 0 aromatic carbocycles. The molecule has 1 atom stereocenters. The molecule has 6 nitrogen and oxygen atoms in total. The SMILES string of the molecule is CNc1nccnc1CC1CCCN(C(=O)Cc2cccnc2)C1. The first-order valence-electron chi connectivity index (χ1n) is 8.40. The lowest BCUT2D eigenvalue weighted by Gasteiger charge is -2.33. The van der Waals surface area contributed by atoms with Gasteiger partial charge in [0.05, 0.1) is 12.1 Å². The summed E-state index contributed by atoms with van der Waals surface area (Å²) in [5.41, 5.74) is 1.95. The number of hydrogen-bond donors (Lipinski definition) is 1. The summed E-state index contributed by atoms with van der Waals surface area (Å²) in [6.45, 7) is 1.63. The predicted molar refractivity (Wildman–Crippen MR) is 92.5 cm³/mol. The zero-order chi connectivity index (χ0) is 16.8. The van der Waals surface area contributed by atoms with Gasteiger partial charge in [0.15, 0.2) is 0 Å². The van der Waals surface area contributed by atoms with E-state index >= 15 is 0 Å². The normalized spacial score (nSPS) is 17.5. The van der Waals surface area contributed by atoms with Crippen molar-refractivity contribution < 1.29 is 4.79 Å². The Balaban J connectivity index is 1.61. The van der Waals surface area contributed by atoms with Crippen molar-refractivity contribution in [3.63, 3.8) is 0 Å². The van der Waals surface area contributed by atoms with Crippen molar-refractivity contribution in [1.82, 2.24) is 19.9 Å². The van der Waals surface area contributed by atoms with Crippen LogP contribution in [0.2, 0.25) is 0 Å². The molecule has 2 aromatic heterocycles. The minimum atomic E-state index is 0.181. The van der Waals surface area contributed by atoms with Crippen LogP contribution >= 0.6 is 0 Å². The van der Waals surface area contributed by atoms with Gasteiger partial charge in [0.2, 0.25) is 5.91 Å². The van der Waals surface area contributed by atoms with Crippen LogP contribution in [0.1, 0.15) is 24.1 Å². The fourth-order valence-corrected chi connectivity index (χ4v) is 3.25. The number of nitrogens with zero attached hydrogens (tertiary/aromatic N) is 4. The number of piperidine rings is 1. The standard InChI is InChI=1S/C18H23N5O/c1-19-18-16(21-7-8-22-18)10-15-5-3-9-23(13-15)17(24)11-14-4-2-6-20-12-14/h2,4,6-8,12,15H,3,5,9-11,13H2,1H3,(H,19,22). The molecule has 0 bridgehead atoms. The maximum Gasteiger partial charge on any atom is 0.227 e. The number of aromatic nitrogens is 3. The number of nitrogens with one attached hydrogen (secondary N) is 1. The predicted octanol–water partition coefficient (Wildman–Crippen LogP) is 1.94. The molecule has 0 saturated carbocycles. The number of rotatable bonds is 5. The fraction of sp³-hybridized carbons (Fsp3) is 0.444. The number of anilines is 1. The van der Waals surface area contributed by atoms with Crippen molar-refractivity contribution in [2.24, 2.45) is 5.92 Å². The van der Waals surface area contributed by atoms with Gasteiger partial charge < -0.3 is 10.2 Å². The second kappa shape index (κ2) is 7.86. The minimum absolute atomic E-state index is 0.181. The Hall–Kier alpha value is -2.50. The smallest absolute Gasteiger partial charge is 0.227 e. The van der Waals surface area contributed by atoms with Crippen LogP contribution in [-0.2, 0) is 17.6 Å². The summed E-state index contributed by atoms with van der Waals surface area (Å²) in [4.78, 5) is 27.4. The second-order valence-electron chi connectivity index (χ2n) is 6.19. The third-order valence-electron chi connectivity index (χ3n) is 4.44. The number of hydrogen-bond acceptors (Lipinski definition) is 5. The molecular formula is C18H23N5O. The zero-order valence-electron chi connectivity index (χ0n) is 14.0. The van der Waals surface area contributed by atoms with Crippen LogP contribution in [-0.4, -0.2) is 45.9 Å². The van der Waals surface area contributed by atoms with Crippen LogP contribution in [0.5, 0.6) is 0 Å². The Morgan fingerprint density at radius 2 is 2.21 bits per heavy atom. The van der Waals surface area contributed by atoms with Crippen molar-refractivity contribution in [1.29, 1.82) is 0 Å². The molecular weight excluding hydrogens is 302 g/mol. The van der Waals surface area contributed by atoms with E-state index in [2.05, 4.69) is 20.3 Å². The molecule has 126 valence electrons. The van der Waals surface area contributed by atoms with Gasteiger partial charge in [0.25, 0.3) is 0 Å². The average Bonchev–Trinajstić information content (AvgIpc) is 2.63. The first-order chi connectivity index (χ1) is 11.8. The number of likely N-dealkylation sites (tertiary alicyclic amines) is 1. The Bertz CT molecular complexity index is 676. The third kappa shape index (κ3) is 4.07. The molecule has 1 amide bonds. The highest BCUT2D eigenvalue weighted by Gasteiger charge is 2.25. The summed E-state index contributed by atoms with van der Waals surface area (Å²) < 4.78 is 0. The molecule has 1 unspecified atom stereocenters. The van der Waals surface area contributed by atoms with Crippen LogP contribution in [0.15, 0.2) is 36.9 Å². The van der Waals surface area contributed by atoms with Crippen molar-refractivity contribution in [2.45, 2.75) is 25.7 Å². The van der Waals surface area contributed by atoms with Gasteiger partial charge >= 0.3 is 0 Å². The molecule has 0 radical (unpaired) electrons. The second-order valence-corrected chi connectivity index (χ2v) is 6.19. The Morgan fingerprint density at radius 3 is 3.00 bits per heavy atom. The van der Waals surface area contributed by atoms with Crippen LogP contribution in [0, 0.1) is 5.92 Å². The lowest BCUT2D eigenvalue weighted by atomic mass is 9.93. The maximum absolute atomic E-state index is 12.5. The highest BCUT2D eigenvalue weighted by atomic mass is 16.2. The molecule has 6 heteroatoms. The Labute approximate surface area is 142 Å². The molecule has 24 heavy (non-hydrogen) atoms. The van der Waals surface area contributed by atoms with Crippen molar-refractivity contribution in [3.05, 3.63) is 48.2 Å². The summed E-state index contributed by atoms with van der Waals surface area (Å²) in [5.74, 6) is 1.44. The lowest BCUT2D eigenvalue weighted by molar-refractivity contribution is -0.132. The largest absolute Gasteiger partial charge is 0.372 e. The zero-order valence-corrected chi connectivity index (χ0v) is 14.0. The van der Waals surface area contributed by atoms with E-state index in [9.17, 15) is 4.79 Å². The number of pyridine rings is 1. The number of carbonyl (C=O) groups is 1. The van der Waals surface area contributed by atoms with E-state index in [-0.39, 0.29) is 5.91 Å². The maximum atomic E-state index is 12.5. The highest BCUT2D eigenvalue weighted by molar-refractivity contribution is 5.78. The summed E-state index contributed by atoms with van der Waals surface area (Å²) in [5, 5.41) is 3.09. The molecule has 1 aliphatic rings. The fourth-order valence-electron chi connectivity index (χ4n) is 3.25. The first-order valence-corrected chi connectivity index (χ1v) is 8.40. The van der Waals surface area contributed by atoms with E-state index in [1.807, 2.05) is 24.1 Å². The number of carbonyl (C=O) groups excluding carboxylic acids is 1. The van der Waals surface area contributed by atoms with Gasteiger partial charge in [0, 0.05) is 44.9 Å². The Morgan fingerprint density at radius 1 is 1.33 bits per heavy atom. The molecule has 3 rings (SSSR count). The van der Waals surface area contributed by atoms with Gasteiger partial charge in [-0.3, -0.25) is 14.8 Å². The molecule has 1 N–H and O–H groups in total. The molecule has 0 aliphatic carbocycles. The molecule has 0 spiro atoms. The quantitative estimate of drug-likeness (QED) is 0.909. The molecule has 1 fully saturated rings. The van der Waals surface area contributed by atoms with Gasteiger partial charge in [-0.15, -0.1) is 0 Å². The van der Waals surface area contributed by atoms with E-state index in [0.717, 1.165) is 49.4 Å². The van der Waals surface area contributed by atoms with Crippen molar-refractivity contribution in [2.75, 3.05) is 25.5 Å². The Kier molecular flexibility index (Phi) is 5.36. The van der Waals surface area contributed by atoms with Crippen molar-refractivity contribution in [3.8, 4) is 0 Å². The van der Waals surface area contributed by atoms with E-state index in [0.29, 0.717) is 12.3 Å². The van der Waals surface area contributed by atoms with Gasteiger partial charge in [-0.05, 0) is 36.8 Å². The van der Waals surface area contributed by atoms with E-state index in [4.69, 9.17) is 0 Å². The van der Waals surface area contributed by atoms with E-state index < -0.39 is 0 Å². The van der Waals surface area contributed by atoms with Crippen LogP contribution in [0.25, 0.3) is 0 Å². The first kappa shape index (κ1) is 16.4. The van der Waals surface area contributed by atoms with Crippen LogP contribution < -0.4 is 5.32 Å². The summed E-state index contributed by atoms with van der Waals surface area (Å²) in [7, 11) is 1.86.